The molecule has 0 bridgehead atoms. The van der Waals surface area contributed by atoms with Gasteiger partial charge in [-0.1, -0.05) is 0 Å². The molecule has 0 amide bonds. The third-order valence-electron chi connectivity index (χ3n) is 5.03. The summed E-state index contributed by atoms with van der Waals surface area (Å²) in [5, 5.41) is 0.226. The van der Waals surface area contributed by atoms with Crippen LogP contribution >= 0.6 is 0 Å². The molecule has 184 valence electrons. The van der Waals surface area contributed by atoms with Gasteiger partial charge >= 0.3 is 5.97 Å². The van der Waals surface area contributed by atoms with Crippen LogP contribution in [0.2, 0.25) is 0 Å². The van der Waals surface area contributed by atoms with E-state index in [9.17, 15) is 9.59 Å². The average molecular weight is 482 g/mol. The van der Waals surface area contributed by atoms with Crippen LogP contribution in [0.5, 0.6) is 17.2 Å². The van der Waals surface area contributed by atoms with Gasteiger partial charge in [0.05, 0.1) is 13.7 Å². The molecule has 0 saturated heterocycles. The second-order valence-electron chi connectivity index (χ2n) is 8.08. The van der Waals surface area contributed by atoms with Gasteiger partial charge in [-0.05, 0) is 31.2 Å². The predicted molar refractivity (Wildman–Crippen MR) is 126 cm³/mol. The van der Waals surface area contributed by atoms with Crippen LogP contribution in [0.25, 0.3) is 22.3 Å². The van der Waals surface area contributed by atoms with Crippen molar-refractivity contribution in [1.82, 2.24) is 0 Å². The summed E-state index contributed by atoms with van der Waals surface area (Å²) in [6.07, 6.45) is 1.47. The van der Waals surface area contributed by atoms with E-state index in [-0.39, 0.29) is 47.7 Å². The topological polar surface area (TPSA) is 103 Å². The standard InChI is InChI=1S/C26H26O9/c1-5-30-24(28)15-31-18-10-22(32-13-19-14-33-26(2,3)35-19)25-20(27)12-21(34-23(25)11-18)16-6-8-17(29-4)9-7-16/h6-12,14H,5,13,15H2,1-4H3. The number of hydrogen-bond acceptors (Lipinski definition) is 9. The van der Waals surface area contributed by atoms with Crippen LogP contribution < -0.4 is 19.6 Å². The first kappa shape index (κ1) is 24.0. The molecule has 1 aliphatic heterocycles. The number of fused-ring (bicyclic) bond motifs is 1. The average Bonchev–Trinajstić information content (AvgIpc) is 3.19. The number of hydrogen-bond donors (Lipinski definition) is 0. The molecule has 2 aromatic carbocycles. The first-order valence-electron chi connectivity index (χ1n) is 11.0. The Morgan fingerprint density at radius 3 is 2.46 bits per heavy atom. The monoisotopic (exact) mass is 482 g/mol. The summed E-state index contributed by atoms with van der Waals surface area (Å²) < 4.78 is 38.7. The Balaban J connectivity index is 1.70. The van der Waals surface area contributed by atoms with Crippen molar-refractivity contribution < 1.29 is 37.6 Å². The van der Waals surface area contributed by atoms with E-state index in [4.69, 9.17) is 32.8 Å². The van der Waals surface area contributed by atoms with Gasteiger partial charge < -0.3 is 32.8 Å². The number of carbonyl (C=O) groups is 1. The van der Waals surface area contributed by atoms with Crippen molar-refractivity contribution >= 4 is 16.9 Å². The largest absolute Gasteiger partial charge is 0.497 e. The molecular weight excluding hydrogens is 456 g/mol. The van der Waals surface area contributed by atoms with E-state index >= 15 is 0 Å². The second-order valence-corrected chi connectivity index (χ2v) is 8.08. The van der Waals surface area contributed by atoms with E-state index in [1.54, 1.807) is 52.1 Å². The lowest BCUT2D eigenvalue weighted by atomic mass is 10.1. The fourth-order valence-corrected chi connectivity index (χ4v) is 3.45. The molecule has 0 aliphatic carbocycles. The first-order valence-corrected chi connectivity index (χ1v) is 11.0. The lowest BCUT2D eigenvalue weighted by Crippen LogP contribution is -2.21. The number of methoxy groups -OCH3 is 1. The minimum Gasteiger partial charge on any atom is -0.497 e. The molecular formula is C26H26O9. The van der Waals surface area contributed by atoms with Crippen LogP contribution in [0.3, 0.4) is 0 Å². The highest BCUT2D eigenvalue weighted by atomic mass is 16.7. The Morgan fingerprint density at radius 1 is 1.03 bits per heavy atom. The molecule has 0 unspecified atom stereocenters. The Morgan fingerprint density at radius 2 is 1.80 bits per heavy atom. The van der Waals surface area contributed by atoms with Gasteiger partial charge in [0.25, 0.3) is 0 Å². The van der Waals surface area contributed by atoms with Crippen molar-refractivity contribution in [3.63, 3.8) is 0 Å². The molecule has 35 heavy (non-hydrogen) atoms. The van der Waals surface area contributed by atoms with Crippen LogP contribution in [0.1, 0.15) is 20.8 Å². The molecule has 3 aromatic rings. The molecule has 0 radical (unpaired) electrons. The van der Waals surface area contributed by atoms with E-state index in [1.807, 2.05) is 0 Å². The third kappa shape index (κ3) is 5.68. The summed E-state index contributed by atoms with van der Waals surface area (Å²) in [5.41, 5.74) is 0.619. The van der Waals surface area contributed by atoms with Crippen LogP contribution in [0.15, 0.2) is 63.7 Å². The van der Waals surface area contributed by atoms with E-state index in [0.29, 0.717) is 22.8 Å². The maximum Gasteiger partial charge on any atom is 0.344 e. The van der Waals surface area contributed by atoms with E-state index in [1.165, 1.54) is 24.5 Å². The van der Waals surface area contributed by atoms with E-state index in [2.05, 4.69) is 0 Å². The molecule has 2 heterocycles. The van der Waals surface area contributed by atoms with Gasteiger partial charge in [0.15, 0.2) is 17.8 Å². The van der Waals surface area contributed by atoms with Crippen LogP contribution in [0.4, 0.5) is 0 Å². The minimum atomic E-state index is -0.794. The lowest BCUT2D eigenvalue weighted by Gasteiger charge is -2.18. The zero-order valence-electron chi connectivity index (χ0n) is 19.9. The smallest absolute Gasteiger partial charge is 0.344 e. The Bertz CT molecular complexity index is 1300. The number of benzene rings is 2. The summed E-state index contributed by atoms with van der Waals surface area (Å²) in [6.45, 7) is 5.19. The van der Waals surface area contributed by atoms with Gasteiger partial charge in [0, 0.05) is 37.6 Å². The Hall–Kier alpha value is -4.14. The molecule has 0 saturated carbocycles. The molecule has 0 spiro atoms. The normalized spacial score (nSPS) is 14.0. The van der Waals surface area contributed by atoms with Gasteiger partial charge in [0.1, 0.15) is 46.8 Å². The summed E-state index contributed by atoms with van der Waals surface area (Å²) in [5.74, 6) is 0.664. The highest BCUT2D eigenvalue weighted by Gasteiger charge is 2.28. The highest BCUT2D eigenvalue weighted by molar-refractivity contribution is 5.86. The molecule has 9 nitrogen and oxygen atoms in total. The summed E-state index contributed by atoms with van der Waals surface area (Å²) in [4.78, 5) is 24.9. The third-order valence-corrected chi connectivity index (χ3v) is 5.03. The van der Waals surface area contributed by atoms with Crippen LogP contribution in [0, 0.1) is 0 Å². The SMILES string of the molecule is CCOC(=O)COc1cc(OCC2=COC(C)(C)O2)c2c(=O)cc(-c3ccc(OC)cc3)oc2c1. The molecule has 1 aliphatic rings. The molecule has 0 fully saturated rings. The molecule has 1 aromatic heterocycles. The van der Waals surface area contributed by atoms with E-state index in [0.717, 1.165) is 0 Å². The maximum absolute atomic E-state index is 13.1. The van der Waals surface area contributed by atoms with Gasteiger partial charge in [0.2, 0.25) is 5.79 Å². The Labute approximate surface area is 201 Å². The minimum absolute atomic E-state index is 0.0134. The van der Waals surface area contributed by atoms with Gasteiger partial charge in [-0.2, -0.15) is 0 Å². The van der Waals surface area contributed by atoms with Gasteiger partial charge in [-0.15, -0.1) is 0 Å². The zero-order valence-corrected chi connectivity index (χ0v) is 19.9. The maximum atomic E-state index is 13.1. The number of rotatable bonds is 9. The highest BCUT2D eigenvalue weighted by Crippen LogP contribution is 2.33. The van der Waals surface area contributed by atoms with Crippen LogP contribution in [-0.4, -0.2) is 38.7 Å². The predicted octanol–water partition coefficient (Wildman–Crippen LogP) is 4.41. The molecule has 4 rings (SSSR count). The van der Waals surface area contributed by atoms with Crippen molar-refractivity contribution in [3.05, 3.63) is 64.7 Å². The number of carbonyl (C=O) groups excluding carboxylic acids is 1. The number of esters is 1. The molecule has 0 atom stereocenters. The molecule has 0 N–H and O–H groups in total. The van der Waals surface area contributed by atoms with Gasteiger partial charge in [-0.3, -0.25) is 4.79 Å². The summed E-state index contributed by atoms with van der Waals surface area (Å²) in [7, 11) is 1.57. The summed E-state index contributed by atoms with van der Waals surface area (Å²) in [6, 6.07) is 11.6. The van der Waals surface area contributed by atoms with Crippen molar-refractivity contribution in [2.24, 2.45) is 0 Å². The fraction of sp³-hybridized carbons (Fsp3) is 0.308. The zero-order chi connectivity index (χ0) is 25.0. The van der Waals surface area contributed by atoms with Gasteiger partial charge in [-0.25, -0.2) is 4.79 Å². The second kappa shape index (κ2) is 10.0. The van der Waals surface area contributed by atoms with Crippen molar-refractivity contribution in [2.75, 3.05) is 26.9 Å². The summed E-state index contributed by atoms with van der Waals surface area (Å²) >= 11 is 0. The first-order chi connectivity index (χ1) is 16.8. The lowest BCUT2D eigenvalue weighted by molar-refractivity contribution is -0.145. The van der Waals surface area contributed by atoms with Crippen molar-refractivity contribution in [3.8, 4) is 28.6 Å². The van der Waals surface area contributed by atoms with Crippen molar-refractivity contribution in [1.29, 1.82) is 0 Å². The number of ether oxygens (including phenoxy) is 6. The Kier molecular flexibility index (Phi) is 6.86. The van der Waals surface area contributed by atoms with Crippen LogP contribution in [-0.2, 0) is 19.0 Å². The quantitative estimate of drug-likeness (QED) is 0.410. The van der Waals surface area contributed by atoms with E-state index < -0.39 is 11.8 Å². The molecule has 9 heteroatoms. The van der Waals surface area contributed by atoms with Crippen molar-refractivity contribution in [2.45, 2.75) is 26.6 Å². The fourth-order valence-electron chi connectivity index (χ4n) is 3.45.